The van der Waals surface area contributed by atoms with Crippen LogP contribution in [0.3, 0.4) is 0 Å². The van der Waals surface area contributed by atoms with Crippen molar-refractivity contribution < 1.29 is 23.0 Å². The van der Waals surface area contributed by atoms with E-state index in [0.29, 0.717) is 60.7 Å². The molecule has 0 radical (unpaired) electrons. The van der Waals surface area contributed by atoms with Crippen molar-refractivity contribution in [3.63, 3.8) is 0 Å². The van der Waals surface area contributed by atoms with Crippen LogP contribution in [0.1, 0.15) is 52.4 Å². The lowest BCUT2D eigenvalue weighted by atomic mass is 9.74. The molecule has 12 heteroatoms. The fraction of sp³-hybridized carbons (Fsp3) is 0.679. The number of methoxy groups -OCH3 is 2. The maximum absolute atomic E-state index is 15.6. The molecule has 2 aromatic rings. The zero-order valence-corrected chi connectivity index (χ0v) is 24.5. The maximum Gasteiger partial charge on any atom is 0.280 e. The van der Waals surface area contributed by atoms with Gasteiger partial charge in [-0.1, -0.05) is 20.3 Å². The first-order valence-corrected chi connectivity index (χ1v) is 14.5. The Balaban J connectivity index is 1.53. The molecule has 4 rings (SSSR count). The highest BCUT2D eigenvalue weighted by molar-refractivity contribution is 6.27. The Morgan fingerprint density at radius 1 is 1.15 bits per heavy atom. The molecule has 2 fully saturated rings. The molecular weight excluding hydrogens is 542 g/mol. The Morgan fingerprint density at radius 3 is 2.58 bits per heavy atom. The number of alkyl halides is 3. The topological polar surface area (TPSA) is 101 Å². The molecule has 2 unspecified atom stereocenters. The van der Waals surface area contributed by atoms with Crippen LogP contribution in [0.25, 0.3) is 10.9 Å². The normalized spacial score (nSPS) is 22.5. The van der Waals surface area contributed by atoms with E-state index in [0.717, 1.165) is 25.7 Å². The van der Waals surface area contributed by atoms with Crippen LogP contribution in [-0.2, 0) is 4.79 Å². The highest BCUT2D eigenvalue weighted by atomic mass is 35.5. The molecule has 1 saturated heterocycles. The van der Waals surface area contributed by atoms with Crippen molar-refractivity contribution in [2.24, 2.45) is 5.41 Å². The number of nitrogens with one attached hydrogen (secondary N) is 3. The van der Waals surface area contributed by atoms with E-state index in [2.05, 4.69) is 39.8 Å². The van der Waals surface area contributed by atoms with Crippen LogP contribution < -0.4 is 25.4 Å². The van der Waals surface area contributed by atoms with E-state index in [1.54, 1.807) is 12.1 Å². The number of carbonyl (C=O) groups excluding carboxylic acids is 1. The van der Waals surface area contributed by atoms with Gasteiger partial charge in [-0.2, -0.15) is 4.98 Å². The summed E-state index contributed by atoms with van der Waals surface area (Å²) in [5.41, 5.74) is 0.713. The zero-order chi connectivity index (χ0) is 28.9. The monoisotopic (exact) mass is 582 g/mol. The van der Waals surface area contributed by atoms with Crippen molar-refractivity contribution in [3.05, 3.63) is 12.1 Å². The molecule has 2 heterocycles. The summed E-state index contributed by atoms with van der Waals surface area (Å²) in [6.45, 7) is 5.70. The molecule has 1 aliphatic carbocycles. The number of piperidine rings is 1. The molecule has 2 atom stereocenters. The molecule has 9 nitrogen and oxygen atoms in total. The van der Waals surface area contributed by atoms with Gasteiger partial charge in [0.1, 0.15) is 11.7 Å². The summed E-state index contributed by atoms with van der Waals surface area (Å²) >= 11 is 5.51. The first-order chi connectivity index (χ1) is 19.0. The Hall–Kier alpha value is -2.66. The first-order valence-electron chi connectivity index (χ1n) is 13.9. The van der Waals surface area contributed by atoms with Gasteiger partial charge in [-0.15, -0.1) is 11.6 Å². The van der Waals surface area contributed by atoms with Crippen molar-refractivity contribution in [1.82, 2.24) is 20.2 Å². The summed E-state index contributed by atoms with van der Waals surface area (Å²) in [5, 5.41) is 9.47. The number of amides is 1. The van der Waals surface area contributed by atoms with Gasteiger partial charge in [-0.3, -0.25) is 9.69 Å². The van der Waals surface area contributed by atoms with Gasteiger partial charge in [0.05, 0.1) is 32.3 Å². The highest BCUT2D eigenvalue weighted by Gasteiger charge is 2.47. The number of likely N-dealkylation sites (tertiary alicyclic amines) is 1. The SMILES string of the molecule is COc1cc2nc(NCCCNC(=O)CCl)nc(NC3CCN(C4CCCC(C)(C)C4)CC3(F)F)c2cc1OC. The molecule has 0 spiro atoms. The third kappa shape index (κ3) is 7.34. The average Bonchev–Trinajstić information content (AvgIpc) is 2.92. The molecule has 1 aromatic heterocycles. The van der Waals surface area contributed by atoms with Gasteiger partial charge in [-0.05, 0) is 43.6 Å². The van der Waals surface area contributed by atoms with Gasteiger partial charge in [0.2, 0.25) is 11.9 Å². The fourth-order valence-corrected chi connectivity index (χ4v) is 5.89. The van der Waals surface area contributed by atoms with Crippen molar-refractivity contribution >= 4 is 40.2 Å². The van der Waals surface area contributed by atoms with E-state index < -0.39 is 12.0 Å². The summed E-state index contributed by atoms with van der Waals surface area (Å²) in [6, 6.07) is 2.53. The van der Waals surface area contributed by atoms with Gasteiger partial charge in [0.25, 0.3) is 5.92 Å². The number of hydrogen-bond donors (Lipinski definition) is 3. The van der Waals surface area contributed by atoms with E-state index in [1.165, 1.54) is 14.2 Å². The third-order valence-electron chi connectivity index (χ3n) is 7.92. The number of benzene rings is 1. The summed E-state index contributed by atoms with van der Waals surface area (Å²) in [4.78, 5) is 22.5. The number of nitrogens with zero attached hydrogens (tertiary/aromatic N) is 3. The van der Waals surface area contributed by atoms with E-state index in [9.17, 15) is 4.79 Å². The van der Waals surface area contributed by atoms with Crippen LogP contribution in [0.4, 0.5) is 20.5 Å². The van der Waals surface area contributed by atoms with Crippen molar-refractivity contribution in [2.45, 2.75) is 70.4 Å². The second kappa shape index (κ2) is 12.9. The highest BCUT2D eigenvalue weighted by Crippen LogP contribution is 2.41. The average molecular weight is 583 g/mol. The number of hydrogen-bond acceptors (Lipinski definition) is 8. The number of ether oxygens (including phenoxy) is 2. The standard InChI is InChI=1S/C28H41ClF2N6O3/c1-27(2)9-5-7-18(15-27)37-12-8-23(28(30,31)17-37)35-25-19-13-21(39-3)22(40-4)14-20(19)34-26(36-25)33-11-6-10-32-24(38)16-29/h13-14,18,23H,5-12,15-17H2,1-4H3,(H,32,38)(H2,33,34,35,36). The molecule has 222 valence electrons. The molecular formula is C28H41ClF2N6O3. The second-order valence-electron chi connectivity index (χ2n) is 11.5. The van der Waals surface area contributed by atoms with E-state index >= 15 is 8.78 Å². The fourth-order valence-electron chi connectivity index (χ4n) is 5.80. The van der Waals surface area contributed by atoms with E-state index in [1.807, 2.05) is 4.90 Å². The quantitative estimate of drug-likeness (QED) is 0.254. The minimum absolute atomic E-state index is 0.0935. The number of halogens is 3. The van der Waals surface area contributed by atoms with Gasteiger partial charge in [0.15, 0.2) is 11.5 Å². The summed E-state index contributed by atoms with van der Waals surface area (Å²) < 4.78 is 42.2. The molecule has 1 aromatic carbocycles. The van der Waals surface area contributed by atoms with Crippen molar-refractivity contribution in [3.8, 4) is 11.5 Å². The number of anilines is 2. The van der Waals surface area contributed by atoms with Crippen LogP contribution in [0, 0.1) is 5.41 Å². The van der Waals surface area contributed by atoms with Gasteiger partial charge in [-0.25, -0.2) is 13.8 Å². The van der Waals surface area contributed by atoms with Crippen molar-refractivity contribution in [1.29, 1.82) is 0 Å². The zero-order valence-electron chi connectivity index (χ0n) is 23.8. The molecule has 1 aliphatic heterocycles. The largest absolute Gasteiger partial charge is 0.493 e. The number of carbonyl (C=O) groups is 1. The minimum atomic E-state index is -2.94. The Bertz CT molecular complexity index is 1180. The summed E-state index contributed by atoms with van der Waals surface area (Å²) in [5.74, 6) is -1.75. The van der Waals surface area contributed by atoms with E-state index in [-0.39, 0.29) is 35.7 Å². The van der Waals surface area contributed by atoms with Gasteiger partial charge >= 0.3 is 0 Å². The Morgan fingerprint density at radius 2 is 1.90 bits per heavy atom. The van der Waals surface area contributed by atoms with Crippen LogP contribution >= 0.6 is 11.6 Å². The predicted octanol–water partition coefficient (Wildman–Crippen LogP) is 4.89. The molecule has 40 heavy (non-hydrogen) atoms. The molecule has 1 saturated carbocycles. The van der Waals surface area contributed by atoms with Crippen LogP contribution in [-0.4, -0.2) is 85.1 Å². The third-order valence-corrected chi connectivity index (χ3v) is 8.16. The smallest absolute Gasteiger partial charge is 0.280 e. The van der Waals surface area contributed by atoms with Gasteiger partial charge in [0, 0.05) is 37.1 Å². The Kier molecular flexibility index (Phi) is 9.76. The van der Waals surface area contributed by atoms with Crippen molar-refractivity contribution in [2.75, 3.05) is 56.9 Å². The lowest BCUT2D eigenvalue weighted by Gasteiger charge is -2.46. The lowest BCUT2D eigenvalue weighted by molar-refractivity contribution is -0.118. The predicted molar refractivity (Wildman–Crippen MR) is 154 cm³/mol. The number of aromatic nitrogens is 2. The second-order valence-corrected chi connectivity index (χ2v) is 11.8. The Labute approximate surface area is 239 Å². The lowest BCUT2D eigenvalue weighted by Crippen LogP contribution is -2.58. The summed E-state index contributed by atoms with van der Waals surface area (Å²) in [7, 11) is 3.05. The molecule has 3 N–H and O–H groups in total. The molecule has 0 bridgehead atoms. The number of fused-ring (bicyclic) bond motifs is 1. The van der Waals surface area contributed by atoms with Crippen LogP contribution in [0.15, 0.2) is 12.1 Å². The van der Waals surface area contributed by atoms with Crippen LogP contribution in [0.5, 0.6) is 11.5 Å². The molecule has 2 aliphatic rings. The van der Waals surface area contributed by atoms with Crippen LogP contribution in [0.2, 0.25) is 0 Å². The minimum Gasteiger partial charge on any atom is -0.493 e. The summed E-state index contributed by atoms with van der Waals surface area (Å²) in [6.07, 6.45) is 5.04. The molecule has 1 amide bonds. The maximum atomic E-state index is 15.6. The number of rotatable bonds is 11. The first kappa shape index (κ1) is 30.3. The van der Waals surface area contributed by atoms with E-state index in [4.69, 9.17) is 21.1 Å². The van der Waals surface area contributed by atoms with Gasteiger partial charge < -0.3 is 25.4 Å².